The molecule has 0 fully saturated rings. The number of nitro groups is 1. The fourth-order valence-electron chi connectivity index (χ4n) is 2.57. The third-order valence-electron chi connectivity index (χ3n) is 3.80. The summed E-state index contributed by atoms with van der Waals surface area (Å²) in [6.07, 6.45) is -0.000735. The summed E-state index contributed by atoms with van der Waals surface area (Å²) in [7, 11) is 1.34. The lowest BCUT2D eigenvalue weighted by atomic mass is 9.81. The van der Waals surface area contributed by atoms with Gasteiger partial charge in [0.05, 0.1) is 6.19 Å². The summed E-state index contributed by atoms with van der Waals surface area (Å²) in [5.41, 5.74) is 2.13. The summed E-state index contributed by atoms with van der Waals surface area (Å²) < 4.78 is 0. The largest absolute Gasteiger partial charge is 0.384 e. The molecule has 0 aliphatic carbocycles. The lowest BCUT2D eigenvalue weighted by Gasteiger charge is -2.38. The Morgan fingerprint density at radius 2 is 2.15 bits per heavy atom. The summed E-state index contributed by atoms with van der Waals surface area (Å²) in [5, 5.41) is 21.1. The second-order valence-corrected chi connectivity index (χ2v) is 5.01. The lowest BCUT2D eigenvalue weighted by molar-refractivity contribution is -0.531. The van der Waals surface area contributed by atoms with Crippen LogP contribution >= 0.6 is 0 Å². The molecule has 1 unspecified atom stereocenters. The first kappa shape index (κ1) is 14.7. The highest BCUT2D eigenvalue weighted by Gasteiger charge is 2.38. The lowest BCUT2D eigenvalue weighted by Crippen LogP contribution is -2.54. The zero-order valence-electron chi connectivity index (χ0n) is 11.2. The van der Waals surface area contributed by atoms with E-state index in [1.54, 1.807) is 4.81 Å². The van der Waals surface area contributed by atoms with Gasteiger partial charge in [-0.05, 0) is 17.5 Å². The first-order chi connectivity index (χ1) is 9.54. The molecule has 0 saturated carbocycles. The highest BCUT2D eigenvalue weighted by Crippen LogP contribution is 2.25. The second-order valence-electron chi connectivity index (χ2n) is 5.01. The molecule has 1 heterocycles. The van der Waals surface area contributed by atoms with Crippen LogP contribution in [-0.2, 0) is 17.8 Å². The average Bonchev–Trinajstić information content (AvgIpc) is 2.45. The van der Waals surface area contributed by atoms with E-state index in [0.717, 1.165) is 11.1 Å². The molecule has 0 bridgehead atoms. The number of hydrogen-bond acceptors (Lipinski definition) is 5. The number of aliphatic hydroxyl groups is 1. The molecule has 0 amide bonds. The highest BCUT2D eigenvalue weighted by atomic mass is 16.6. The Morgan fingerprint density at radius 3 is 2.75 bits per heavy atom. The highest BCUT2D eigenvalue weighted by molar-refractivity contribution is 6.64. The molecule has 6 nitrogen and oxygen atoms in total. The van der Waals surface area contributed by atoms with Gasteiger partial charge in [-0.1, -0.05) is 24.3 Å². The van der Waals surface area contributed by atoms with E-state index in [1.165, 1.54) is 14.3 Å². The van der Waals surface area contributed by atoms with Crippen LogP contribution in [0.4, 0.5) is 0 Å². The molecular formula is C13H16BN2O4. The van der Waals surface area contributed by atoms with Crippen molar-refractivity contribution < 1.29 is 14.8 Å². The summed E-state index contributed by atoms with van der Waals surface area (Å²) >= 11 is 0. The van der Waals surface area contributed by atoms with Crippen molar-refractivity contribution in [3.8, 4) is 0 Å². The number of fused-ring (bicyclic) bond motifs is 1. The van der Waals surface area contributed by atoms with E-state index in [1.807, 2.05) is 24.3 Å². The molecule has 20 heavy (non-hydrogen) atoms. The van der Waals surface area contributed by atoms with Crippen LogP contribution in [0.25, 0.3) is 0 Å². The SMILES string of the molecule is CC([C@H](O)[C@@H]1Cc2ccccc2CN1[B]C=O)[N+](=O)[O-]. The van der Waals surface area contributed by atoms with Crippen molar-refractivity contribution >= 4 is 13.6 Å². The molecule has 2 rings (SSSR count). The maximum atomic E-state index is 10.8. The zero-order valence-corrected chi connectivity index (χ0v) is 11.2. The van der Waals surface area contributed by atoms with E-state index >= 15 is 0 Å². The van der Waals surface area contributed by atoms with Crippen molar-refractivity contribution in [3.63, 3.8) is 0 Å². The van der Waals surface area contributed by atoms with Gasteiger partial charge >= 0.3 is 0 Å². The van der Waals surface area contributed by atoms with Crippen LogP contribution in [0.2, 0.25) is 0 Å². The van der Waals surface area contributed by atoms with E-state index in [-0.39, 0.29) is 0 Å². The topological polar surface area (TPSA) is 83.7 Å². The Labute approximate surface area is 117 Å². The summed E-state index contributed by atoms with van der Waals surface area (Å²) in [5.74, 6) is 0. The number of rotatable bonds is 5. The van der Waals surface area contributed by atoms with Crippen LogP contribution < -0.4 is 0 Å². The van der Waals surface area contributed by atoms with Crippen molar-refractivity contribution in [2.75, 3.05) is 0 Å². The van der Waals surface area contributed by atoms with E-state index in [0.29, 0.717) is 19.2 Å². The molecule has 105 valence electrons. The Bertz CT molecular complexity index is 511. The molecule has 1 aliphatic rings. The normalized spacial score (nSPS) is 21.6. The van der Waals surface area contributed by atoms with Gasteiger partial charge in [0.2, 0.25) is 6.04 Å². The Hall–Kier alpha value is -1.73. The Kier molecular flexibility index (Phi) is 4.51. The predicted molar refractivity (Wildman–Crippen MR) is 74.4 cm³/mol. The molecule has 7 heteroatoms. The Morgan fingerprint density at radius 1 is 1.50 bits per heavy atom. The number of benzene rings is 1. The summed E-state index contributed by atoms with van der Waals surface area (Å²) in [6, 6.07) is 6.18. The molecule has 0 saturated heterocycles. The van der Waals surface area contributed by atoms with Gasteiger partial charge in [0, 0.05) is 24.4 Å². The van der Waals surface area contributed by atoms with Gasteiger partial charge in [0.15, 0.2) is 0 Å². The van der Waals surface area contributed by atoms with Gasteiger partial charge in [-0.3, -0.25) is 10.1 Å². The van der Waals surface area contributed by atoms with Crippen molar-refractivity contribution in [1.82, 2.24) is 4.81 Å². The molecule has 0 spiro atoms. The molecule has 1 N–H and O–H groups in total. The molecule has 0 aromatic heterocycles. The first-order valence-electron chi connectivity index (χ1n) is 6.47. The standard InChI is InChI=1S/C13H16BN2O4/c1-9(16(19)20)13(18)12-6-10-4-2-3-5-11(10)7-15(12)14-8-17/h2-5,8-9,12-13,18H,6-7H2,1H3/t9?,12-,13-/m0/s1. The quantitative estimate of drug-likeness (QED) is 0.360. The average molecular weight is 275 g/mol. The van der Waals surface area contributed by atoms with Crippen LogP contribution in [0, 0.1) is 10.1 Å². The fraction of sp³-hybridized carbons (Fsp3) is 0.462. The molecule has 3 atom stereocenters. The molecule has 1 aromatic carbocycles. The first-order valence-corrected chi connectivity index (χ1v) is 6.47. The van der Waals surface area contributed by atoms with Gasteiger partial charge in [-0.25, -0.2) is 0 Å². The third kappa shape index (κ3) is 2.89. The molecular weight excluding hydrogens is 259 g/mol. The molecule has 1 radical (unpaired) electrons. The third-order valence-corrected chi connectivity index (χ3v) is 3.80. The van der Waals surface area contributed by atoms with Crippen molar-refractivity contribution in [1.29, 1.82) is 0 Å². The Balaban J connectivity index is 2.25. The van der Waals surface area contributed by atoms with E-state index in [2.05, 4.69) is 0 Å². The van der Waals surface area contributed by atoms with E-state index in [9.17, 15) is 20.0 Å². The van der Waals surface area contributed by atoms with Crippen LogP contribution in [0.1, 0.15) is 18.1 Å². The van der Waals surface area contributed by atoms with Gasteiger partial charge in [0.25, 0.3) is 7.41 Å². The number of aliphatic hydroxyl groups excluding tert-OH is 1. The van der Waals surface area contributed by atoms with Crippen LogP contribution in [-0.4, -0.2) is 46.6 Å². The van der Waals surface area contributed by atoms with Gasteiger partial charge in [-0.2, -0.15) is 0 Å². The van der Waals surface area contributed by atoms with E-state index in [4.69, 9.17) is 0 Å². The fourth-order valence-corrected chi connectivity index (χ4v) is 2.57. The van der Waals surface area contributed by atoms with E-state index < -0.39 is 23.1 Å². The number of carbonyl (C=O) groups is 1. The maximum absolute atomic E-state index is 10.8. The summed E-state index contributed by atoms with van der Waals surface area (Å²) in [6.45, 7) is 1.85. The molecule has 1 aromatic rings. The van der Waals surface area contributed by atoms with Crippen molar-refractivity contribution in [2.24, 2.45) is 0 Å². The summed E-state index contributed by atoms with van der Waals surface area (Å²) in [4.78, 5) is 22.8. The van der Waals surface area contributed by atoms with Crippen LogP contribution in [0.15, 0.2) is 24.3 Å². The van der Waals surface area contributed by atoms with Crippen LogP contribution in [0.5, 0.6) is 0 Å². The predicted octanol–water partition coefficient (Wildman–Crippen LogP) is 0.249. The number of nitrogens with zero attached hydrogens (tertiary/aromatic N) is 2. The maximum Gasteiger partial charge on any atom is 0.293 e. The zero-order chi connectivity index (χ0) is 14.7. The van der Waals surface area contributed by atoms with Crippen molar-refractivity contribution in [3.05, 3.63) is 45.5 Å². The smallest absolute Gasteiger partial charge is 0.293 e. The number of carbonyl (C=O) groups excluding carboxylic acids is 1. The van der Waals surface area contributed by atoms with Crippen molar-refractivity contribution in [2.45, 2.75) is 38.1 Å². The minimum absolute atomic E-state index is 0.463. The molecule has 1 aliphatic heterocycles. The van der Waals surface area contributed by atoms with Gasteiger partial charge in [-0.15, -0.1) is 0 Å². The second kappa shape index (κ2) is 6.15. The minimum Gasteiger partial charge on any atom is -0.384 e. The monoisotopic (exact) mass is 275 g/mol. The van der Waals surface area contributed by atoms with Crippen LogP contribution in [0.3, 0.4) is 0 Å². The van der Waals surface area contributed by atoms with Gasteiger partial charge < -0.3 is 14.7 Å². The minimum atomic E-state index is -1.13. The number of hydrogen-bond donors (Lipinski definition) is 1. The van der Waals surface area contributed by atoms with Gasteiger partial charge in [0.1, 0.15) is 6.10 Å².